The number of methoxy groups -OCH3 is 1. The molecule has 0 spiro atoms. The molecule has 0 N–H and O–H groups in total. The summed E-state index contributed by atoms with van der Waals surface area (Å²) in [4.78, 5) is 17.3. The molecule has 1 fully saturated rings. The molecule has 2 aromatic heterocycles. The maximum atomic E-state index is 9.28. The monoisotopic (exact) mass is 346 g/mol. The van der Waals surface area contributed by atoms with E-state index in [2.05, 4.69) is 43.0 Å². The van der Waals surface area contributed by atoms with Gasteiger partial charge in [0, 0.05) is 38.1 Å². The number of hydrogen-bond acceptors (Lipinski definition) is 7. The largest absolute Gasteiger partial charge is 0.480 e. The molecule has 26 heavy (non-hydrogen) atoms. The van der Waals surface area contributed by atoms with Crippen LogP contribution in [-0.2, 0) is 0 Å². The molecule has 1 saturated heterocycles. The zero-order valence-electron chi connectivity index (χ0n) is 14.5. The normalized spacial score (nSPS) is 14.3. The van der Waals surface area contributed by atoms with E-state index in [4.69, 9.17) is 4.74 Å². The third kappa shape index (κ3) is 2.86. The van der Waals surface area contributed by atoms with Gasteiger partial charge >= 0.3 is 0 Å². The van der Waals surface area contributed by atoms with Gasteiger partial charge < -0.3 is 14.5 Å². The number of piperazine rings is 1. The third-order valence-electron chi connectivity index (χ3n) is 4.63. The number of ether oxygens (including phenoxy) is 1. The van der Waals surface area contributed by atoms with Crippen LogP contribution < -0.4 is 14.5 Å². The zero-order chi connectivity index (χ0) is 17.9. The van der Waals surface area contributed by atoms with Crippen molar-refractivity contribution in [2.24, 2.45) is 0 Å². The fraction of sp³-hybridized carbons (Fsp3) is 0.263. The lowest BCUT2D eigenvalue weighted by atomic mass is 10.1. The smallest absolute Gasteiger partial charge is 0.224 e. The lowest BCUT2D eigenvalue weighted by Crippen LogP contribution is -2.47. The Morgan fingerprint density at radius 3 is 2.62 bits per heavy atom. The van der Waals surface area contributed by atoms with Crippen LogP contribution >= 0.6 is 0 Å². The summed E-state index contributed by atoms with van der Waals surface area (Å²) in [5.74, 6) is 1.35. The Balaban J connectivity index is 1.55. The van der Waals surface area contributed by atoms with Crippen molar-refractivity contribution in [1.29, 1.82) is 5.26 Å². The topological polar surface area (TPSA) is 78.2 Å². The second kappa shape index (κ2) is 6.84. The van der Waals surface area contributed by atoms with E-state index in [9.17, 15) is 5.26 Å². The van der Waals surface area contributed by atoms with E-state index in [0.717, 1.165) is 48.6 Å². The highest BCUT2D eigenvalue weighted by Gasteiger charge is 2.21. The molecule has 0 bridgehead atoms. The fourth-order valence-electron chi connectivity index (χ4n) is 3.29. The molecule has 4 rings (SSSR count). The van der Waals surface area contributed by atoms with Gasteiger partial charge in [0.05, 0.1) is 23.6 Å². The molecule has 7 nitrogen and oxygen atoms in total. The summed E-state index contributed by atoms with van der Waals surface area (Å²) in [6, 6.07) is 12.0. The van der Waals surface area contributed by atoms with Gasteiger partial charge in [-0.15, -0.1) is 0 Å². The third-order valence-corrected chi connectivity index (χ3v) is 4.63. The summed E-state index contributed by atoms with van der Waals surface area (Å²) >= 11 is 0. The van der Waals surface area contributed by atoms with E-state index in [1.165, 1.54) is 6.33 Å². The number of pyridine rings is 1. The van der Waals surface area contributed by atoms with E-state index in [1.807, 2.05) is 12.1 Å². The van der Waals surface area contributed by atoms with Crippen molar-refractivity contribution in [3.05, 3.63) is 48.4 Å². The summed E-state index contributed by atoms with van der Waals surface area (Å²) in [5.41, 5.74) is 2.60. The number of fused-ring (bicyclic) bond motifs is 1. The highest BCUT2D eigenvalue weighted by atomic mass is 16.5. The van der Waals surface area contributed by atoms with Crippen LogP contribution in [-0.4, -0.2) is 48.2 Å². The van der Waals surface area contributed by atoms with Crippen LogP contribution in [0.5, 0.6) is 5.88 Å². The number of nitrogens with zero attached hydrogens (tertiary/aromatic N) is 6. The predicted octanol–water partition coefficient (Wildman–Crippen LogP) is 2.23. The van der Waals surface area contributed by atoms with Gasteiger partial charge in [0.15, 0.2) is 0 Å². The van der Waals surface area contributed by atoms with E-state index in [1.54, 1.807) is 19.4 Å². The second-order valence-corrected chi connectivity index (χ2v) is 6.04. The lowest BCUT2D eigenvalue weighted by molar-refractivity contribution is 0.402. The number of aromatic nitrogens is 3. The Hall–Kier alpha value is -3.40. The molecule has 1 aliphatic heterocycles. The Bertz CT molecular complexity index is 975. The molecule has 0 unspecified atom stereocenters. The van der Waals surface area contributed by atoms with Gasteiger partial charge in [0.2, 0.25) is 5.88 Å². The Morgan fingerprint density at radius 2 is 1.85 bits per heavy atom. The number of nitriles is 1. The van der Waals surface area contributed by atoms with Gasteiger partial charge in [0.1, 0.15) is 18.2 Å². The standard InChI is InChI=1S/C19H18N6O/c1-26-19-16-11-15(4-5-17(16)22-13-23-19)24-7-9-25(10-8-24)18-14(12-20)3-2-6-21-18/h2-6,11,13H,7-10H2,1H3. The van der Waals surface area contributed by atoms with Crippen LogP contribution in [0, 0.1) is 11.3 Å². The van der Waals surface area contributed by atoms with Crippen LogP contribution in [0.3, 0.4) is 0 Å². The first-order chi connectivity index (χ1) is 12.8. The van der Waals surface area contributed by atoms with Crippen molar-refractivity contribution >= 4 is 22.4 Å². The molecule has 0 radical (unpaired) electrons. The lowest BCUT2D eigenvalue weighted by Gasteiger charge is -2.37. The molecular weight excluding hydrogens is 328 g/mol. The van der Waals surface area contributed by atoms with Crippen molar-refractivity contribution < 1.29 is 4.74 Å². The minimum atomic E-state index is 0.586. The molecular formula is C19H18N6O. The Morgan fingerprint density at radius 1 is 1.04 bits per heavy atom. The first-order valence-electron chi connectivity index (χ1n) is 8.44. The maximum Gasteiger partial charge on any atom is 0.224 e. The maximum absolute atomic E-state index is 9.28. The molecule has 1 aromatic carbocycles. The molecule has 1 aliphatic rings. The quantitative estimate of drug-likeness (QED) is 0.719. The van der Waals surface area contributed by atoms with Crippen molar-refractivity contribution in [3.8, 4) is 11.9 Å². The van der Waals surface area contributed by atoms with Gasteiger partial charge in [-0.25, -0.2) is 15.0 Å². The van der Waals surface area contributed by atoms with Crippen LogP contribution in [0.25, 0.3) is 10.9 Å². The Kier molecular flexibility index (Phi) is 4.23. The molecule has 3 heterocycles. The van der Waals surface area contributed by atoms with Crippen molar-refractivity contribution in [2.75, 3.05) is 43.1 Å². The van der Waals surface area contributed by atoms with Crippen LogP contribution in [0.15, 0.2) is 42.9 Å². The van der Waals surface area contributed by atoms with Gasteiger partial charge in [-0.2, -0.15) is 5.26 Å². The minimum absolute atomic E-state index is 0.586. The van der Waals surface area contributed by atoms with E-state index in [-0.39, 0.29) is 0 Å². The first kappa shape index (κ1) is 16.1. The molecule has 7 heteroatoms. The SMILES string of the molecule is COc1ncnc2ccc(N3CCN(c4ncccc4C#N)CC3)cc12. The van der Waals surface area contributed by atoms with E-state index < -0.39 is 0 Å². The molecule has 0 amide bonds. The number of anilines is 2. The highest BCUT2D eigenvalue weighted by Crippen LogP contribution is 2.28. The molecule has 0 aliphatic carbocycles. The number of hydrogen-bond donors (Lipinski definition) is 0. The van der Waals surface area contributed by atoms with E-state index >= 15 is 0 Å². The van der Waals surface area contributed by atoms with Crippen LogP contribution in [0.2, 0.25) is 0 Å². The summed E-state index contributed by atoms with van der Waals surface area (Å²) in [5, 5.41) is 10.2. The first-order valence-corrected chi connectivity index (χ1v) is 8.44. The minimum Gasteiger partial charge on any atom is -0.480 e. The average molecular weight is 346 g/mol. The molecule has 0 atom stereocenters. The average Bonchev–Trinajstić information content (AvgIpc) is 2.73. The van der Waals surface area contributed by atoms with Gasteiger partial charge in [-0.1, -0.05) is 0 Å². The summed E-state index contributed by atoms with van der Waals surface area (Å²) in [7, 11) is 1.62. The second-order valence-electron chi connectivity index (χ2n) is 6.04. The van der Waals surface area contributed by atoms with Crippen LogP contribution in [0.4, 0.5) is 11.5 Å². The van der Waals surface area contributed by atoms with Crippen molar-refractivity contribution in [1.82, 2.24) is 15.0 Å². The zero-order valence-corrected chi connectivity index (χ0v) is 14.5. The number of rotatable bonds is 3. The Labute approximate surface area is 151 Å². The van der Waals surface area contributed by atoms with Crippen molar-refractivity contribution in [3.63, 3.8) is 0 Å². The van der Waals surface area contributed by atoms with E-state index in [0.29, 0.717) is 11.4 Å². The van der Waals surface area contributed by atoms with Gasteiger partial charge in [0.25, 0.3) is 0 Å². The fourth-order valence-corrected chi connectivity index (χ4v) is 3.29. The molecule has 3 aromatic rings. The summed E-state index contributed by atoms with van der Waals surface area (Å²) in [6.45, 7) is 3.32. The molecule has 0 saturated carbocycles. The molecule has 130 valence electrons. The van der Waals surface area contributed by atoms with Crippen molar-refractivity contribution in [2.45, 2.75) is 0 Å². The van der Waals surface area contributed by atoms with Gasteiger partial charge in [-0.3, -0.25) is 0 Å². The van der Waals surface area contributed by atoms with Crippen LogP contribution in [0.1, 0.15) is 5.56 Å². The van der Waals surface area contributed by atoms with Gasteiger partial charge in [-0.05, 0) is 30.3 Å². The highest BCUT2D eigenvalue weighted by molar-refractivity contribution is 5.86. The summed E-state index contributed by atoms with van der Waals surface area (Å²) in [6.07, 6.45) is 3.25. The summed E-state index contributed by atoms with van der Waals surface area (Å²) < 4.78 is 5.35. The number of benzene rings is 1. The predicted molar refractivity (Wildman–Crippen MR) is 99.5 cm³/mol.